The summed E-state index contributed by atoms with van der Waals surface area (Å²) in [6.45, 7) is 4.83. The predicted molar refractivity (Wildman–Crippen MR) is 194 cm³/mol. The highest BCUT2D eigenvalue weighted by Crippen LogP contribution is 2.43. The van der Waals surface area contributed by atoms with E-state index in [1.807, 2.05) is 21.1 Å². The van der Waals surface area contributed by atoms with E-state index in [2.05, 4.69) is 31.3 Å². The lowest BCUT2D eigenvalue weighted by Crippen LogP contribution is -2.46. The van der Waals surface area contributed by atoms with Gasteiger partial charge in [0.1, 0.15) is 13.2 Å². The zero-order valence-corrected chi connectivity index (χ0v) is 31.7. The fourth-order valence-corrected chi connectivity index (χ4v) is 6.13. The van der Waals surface area contributed by atoms with E-state index in [0.717, 1.165) is 44.9 Å². The van der Waals surface area contributed by atoms with Gasteiger partial charge in [0.15, 0.2) is 0 Å². The van der Waals surface area contributed by atoms with Crippen molar-refractivity contribution < 1.29 is 32.9 Å². The van der Waals surface area contributed by atoms with Gasteiger partial charge in [-0.25, -0.2) is 4.57 Å². The van der Waals surface area contributed by atoms with E-state index in [-0.39, 0.29) is 19.1 Å². The number of aliphatic hydroxyl groups is 1. The van der Waals surface area contributed by atoms with Gasteiger partial charge in [-0.3, -0.25) is 13.8 Å². The van der Waals surface area contributed by atoms with Gasteiger partial charge in [0.05, 0.1) is 39.9 Å². The third-order valence-corrected chi connectivity index (χ3v) is 9.50. The van der Waals surface area contributed by atoms with Crippen molar-refractivity contribution in [2.45, 2.75) is 180 Å². The molecule has 0 aromatic rings. The van der Waals surface area contributed by atoms with E-state index in [9.17, 15) is 19.4 Å². The largest absolute Gasteiger partial charge is 0.472 e. The normalized spacial score (nSPS) is 14.8. The SMILES string of the molecule is CCCCCCC/C=C/CCCC[C@@H](O)[C@H](COP(=O)(O)OCC[N+](C)(C)C)NC(=O)CCCCCCCCCCCCCCC. The van der Waals surface area contributed by atoms with Crippen LogP contribution in [-0.2, 0) is 18.4 Å². The van der Waals surface area contributed by atoms with Gasteiger partial charge in [-0.2, -0.15) is 0 Å². The van der Waals surface area contributed by atoms with Crippen molar-refractivity contribution in [3.05, 3.63) is 12.2 Å². The molecule has 0 aromatic carbocycles. The molecular weight excluding hydrogens is 599 g/mol. The number of allylic oxidation sites excluding steroid dienone is 2. The fraction of sp³-hybridized carbons (Fsp3) is 0.919. The molecule has 46 heavy (non-hydrogen) atoms. The van der Waals surface area contributed by atoms with Gasteiger partial charge >= 0.3 is 7.82 Å². The predicted octanol–water partition coefficient (Wildman–Crippen LogP) is 9.63. The number of carbonyl (C=O) groups excluding carboxylic acids is 1. The lowest BCUT2D eigenvalue weighted by Gasteiger charge is -2.26. The molecule has 0 bridgehead atoms. The lowest BCUT2D eigenvalue weighted by molar-refractivity contribution is -0.870. The molecule has 0 aromatic heterocycles. The first-order valence-electron chi connectivity index (χ1n) is 19.1. The molecule has 1 unspecified atom stereocenters. The summed E-state index contributed by atoms with van der Waals surface area (Å²) in [6, 6.07) is -0.768. The van der Waals surface area contributed by atoms with E-state index >= 15 is 0 Å². The van der Waals surface area contributed by atoms with Crippen LogP contribution in [0.2, 0.25) is 0 Å². The summed E-state index contributed by atoms with van der Waals surface area (Å²) in [6.07, 6.45) is 30.9. The quantitative estimate of drug-likeness (QED) is 0.0272. The first-order valence-corrected chi connectivity index (χ1v) is 20.5. The van der Waals surface area contributed by atoms with Crippen LogP contribution in [0.15, 0.2) is 12.2 Å². The van der Waals surface area contributed by atoms with Crippen molar-refractivity contribution in [3.8, 4) is 0 Å². The number of quaternary nitrogens is 1. The minimum atomic E-state index is -4.30. The minimum absolute atomic E-state index is 0.0716. The number of hydrogen-bond acceptors (Lipinski definition) is 5. The molecule has 0 saturated heterocycles. The molecule has 0 radical (unpaired) electrons. The van der Waals surface area contributed by atoms with Crippen LogP contribution < -0.4 is 5.32 Å². The lowest BCUT2D eigenvalue weighted by atomic mass is 10.0. The second-order valence-corrected chi connectivity index (χ2v) is 15.8. The maximum Gasteiger partial charge on any atom is 0.472 e. The summed E-state index contributed by atoms with van der Waals surface area (Å²) in [4.78, 5) is 23.0. The van der Waals surface area contributed by atoms with Crippen LogP contribution in [0, 0.1) is 0 Å². The Labute approximate surface area is 284 Å². The number of nitrogens with zero attached hydrogens (tertiary/aromatic N) is 1. The average Bonchev–Trinajstić information content (AvgIpc) is 2.99. The van der Waals surface area contributed by atoms with Crippen molar-refractivity contribution >= 4 is 13.7 Å². The van der Waals surface area contributed by atoms with Gasteiger partial charge < -0.3 is 19.8 Å². The Kier molecular flexibility index (Phi) is 29.8. The molecule has 3 atom stereocenters. The monoisotopic (exact) mass is 676 g/mol. The van der Waals surface area contributed by atoms with Gasteiger partial charge in [-0.15, -0.1) is 0 Å². The Hall–Kier alpha value is -0.760. The maximum atomic E-state index is 12.8. The Morgan fingerprint density at radius 3 is 1.67 bits per heavy atom. The fourth-order valence-electron chi connectivity index (χ4n) is 5.39. The zero-order chi connectivity index (χ0) is 34.4. The van der Waals surface area contributed by atoms with Gasteiger partial charge in [-0.05, 0) is 38.5 Å². The van der Waals surface area contributed by atoms with Crippen LogP contribution in [-0.4, -0.2) is 73.4 Å². The number of unbranched alkanes of at least 4 members (excludes halogenated alkanes) is 19. The molecule has 0 fully saturated rings. The van der Waals surface area contributed by atoms with E-state index in [4.69, 9.17) is 9.05 Å². The maximum absolute atomic E-state index is 12.8. The summed E-state index contributed by atoms with van der Waals surface area (Å²) in [5.74, 6) is -0.156. The van der Waals surface area contributed by atoms with Gasteiger partial charge in [0.25, 0.3) is 0 Å². The molecule has 0 aliphatic heterocycles. The number of amides is 1. The Morgan fingerprint density at radius 2 is 1.17 bits per heavy atom. The summed E-state index contributed by atoms with van der Waals surface area (Å²) in [5, 5.41) is 13.8. The van der Waals surface area contributed by atoms with Crippen LogP contribution in [0.5, 0.6) is 0 Å². The molecular formula is C37H76N2O6P+. The molecule has 3 N–H and O–H groups in total. The summed E-state index contributed by atoms with van der Waals surface area (Å²) in [5.41, 5.74) is 0. The number of hydrogen-bond donors (Lipinski definition) is 3. The molecule has 274 valence electrons. The number of carbonyl (C=O) groups is 1. The second-order valence-electron chi connectivity index (χ2n) is 14.3. The summed E-state index contributed by atoms with van der Waals surface area (Å²) in [7, 11) is 1.60. The van der Waals surface area contributed by atoms with Crippen molar-refractivity contribution in [2.24, 2.45) is 0 Å². The third-order valence-electron chi connectivity index (χ3n) is 8.51. The Bertz CT molecular complexity index is 773. The first-order chi connectivity index (χ1) is 22.0. The second kappa shape index (κ2) is 30.3. The first kappa shape index (κ1) is 45.2. The molecule has 0 heterocycles. The van der Waals surface area contributed by atoms with E-state index in [1.54, 1.807) is 0 Å². The Balaban J connectivity index is 4.49. The van der Waals surface area contributed by atoms with Crippen LogP contribution >= 0.6 is 7.82 Å². The molecule has 0 spiro atoms. The van der Waals surface area contributed by atoms with Crippen LogP contribution in [0.25, 0.3) is 0 Å². The summed E-state index contributed by atoms with van der Waals surface area (Å²) < 4.78 is 23.5. The number of rotatable bonds is 34. The molecule has 1 amide bonds. The van der Waals surface area contributed by atoms with Gasteiger partial charge in [0.2, 0.25) is 5.91 Å². The molecule has 0 aliphatic rings. The molecule has 9 heteroatoms. The Morgan fingerprint density at radius 1 is 0.717 bits per heavy atom. The molecule has 0 saturated carbocycles. The van der Waals surface area contributed by atoms with Crippen LogP contribution in [0.4, 0.5) is 0 Å². The van der Waals surface area contributed by atoms with Crippen LogP contribution in [0.1, 0.15) is 168 Å². The smallest absolute Gasteiger partial charge is 0.391 e. The highest BCUT2D eigenvalue weighted by Gasteiger charge is 2.28. The van der Waals surface area contributed by atoms with Crippen molar-refractivity contribution in [3.63, 3.8) is 0 Å². The number of phosphoric acid groups is 1. The van der Waals surface area contributed by atoms with Crippen LogP contribution in [0.3, 0.4) is 0 Å². The molecule has 0 rings (SSSR count). The van der Waals surface area contributed by atoms with Crippen molar-refractivity contribution in [2.75, 3.05) is 40.9 Å². The highest BCUT2D eigenvalue weighted by atomic mass is 31.2. The third kappa shape index (κ3) is 31.8. The summed E-state index contributed by atoms with van der Waals surface area (Å²) >= 11 is 0. The van der Waals surface area contributed by atoms with E-state index in [0.29, 0.717) is 23.9 Å². The zero-order valence-electron chi connectivity index (χ0n) is 30.8. The molecule has 0 aliphatic carbocycles. The molecule has 8 nitrogen and oxygen atoms in total. The van der Waals surface area contributed by atoms with E-state index < -0.39 is 20.0 Å². The number of aliphatic hydroxyl groups excluding tert-OH is 1. The standard InChI is InChI=1S/C37H75N2O6P/c1-6-8-10-12-14-16-18-19-21-23-25-27-29-31-37(41)38-35(34-45-46(42,43)44-33-32-39(3,4)5)36(40)30-28-26-24-22-20-17-15-13-11-9-7-2/h20,22,35-36,40H,6-19,21,23-34H2,1-5H3,(H-,38,41,42,43)/p+1/b22-20+/t35-,36+/m0/s1. The highest BCUT2D eigenvalue weighted by molar-refractivity contribution is 7.47. The van der Waals surface area contributed by atoms with E-state index in [1.165, 1.54) is 96.3 Å². The van der Waals surface area contributed by atoms with Crippen molar-refractivity contribution in [1.29, 1.82) is 0 Å². The average molecular weight is 676 g/mol. The minimum Gasteiger partial charge on any atom is -0.391 e. The van der Waals surface area contributed by atoms with Crippen molar-refractivity contribution in [1.82, 2.24) is 5.32 Å². The number of likely N-dealkylation sites (N-methyl/N-ethyl adjacent to an activating group) is 1. The number of phosphoric ester groups is 1. The van der Waals surface area contributed by atoms with Gasteiger partial charge in [-0.1, -0.05) is 135 Å². The topological polar surface area (TPSA) is 105 Å². The number of nitrogens with one attached hydrogen (secondary N) is 1. The van der Waals surface area contributed by atoms with Gasteiger partial charge in [0, 0.05) is 6.42 Å².